The number of carbonyl (C=O) groups is 2. The number of nitrogens with one attached hydrogen (secondary N) is 1. The maximum atomic E-state index is 13.9. The van der Waals surface area contributed by atoms with E-state index in [9.17, 15) is 27.9 Å². The number of halogens is 3. The number of fused-ring (bicyclic) bond motifs is 1. The maximum absolute atomic E-state index is 13.9. The normalized spacial score (nSPS) is 15.9. The zero-order chi connectivity index (χ0) is 24.6. The van der Waals surface area contributed by atoms with Gasteiger partial charge in [0.05, 0.1) is 41.6 Å². The third kappa shape index (κ3) is 4.15. The van der Waals surface area contributed by atoms with Crippen molar-refractivity contribution in [2.45, 2.75) is 12.3 Å². The number of hydrogen-bond donors (Lipinski definition) is 2. The van der Waals surface area contributed by atoms with Crippen LogP contribution in [0.3, 0.4) is 0 Å². The van der Waals surface area contributed by atoms with E-state index >= 15 is 0 Å². The van der Waals surface area contributed by atoms with Gasteiger partial charge in [-0.2, -0.15) is 13.2 Å². The first-order chi connectivity index (χ1) is 16.2. The molecule has 1 atom stereocenters. The summed E-state index contributed by atoms with van der Waals surface area (Å²) in [4.78, 5) is 29.9. The van der Waals surface area contributed by atoms with Crippen molar-refractivity contribution < 1.29 is 37.3 Å². The molecule has 34 heavy (non-hydrogen) atoms. The molecule has 3 aromatic rings. The van der Waals surface area contributed by atoms with Crippen molar-refractivity contribution in [1.82, 2.24) is 10.3 Å². The lowest BCUT2D eigenvalue weighted by atomic mass is 9.96. The fraction of sp³-hybridized carbons (Fsp3) is 0.174. The molecule has 0 bridgehead atoms. The van der Waals surface area contributed by atoms with E-state index in [0.717, 1.165) is 11.3 Å². The molecule has 3 heterocycles. The summed E-state index contributed by atoms with van der Waals surface area (Å²) in [5.74, 6) is -1.37. The van der Waals surface area contributed by atoms with Crippen molar-refractivity contribution >= 4 is 23.0 Å². The minimum absolute atomic E-state index is 0.0236. The van der Waals surface area contributed by atoms with Crippen molar-refractivity contribution in [2.75, 3.05) is 14.2 Å². The van der Waals surface area contributed by atoms with Gasteiger partial charge in [0.1, 0.15) is 11.8 Å². The largest absolute Gasteiger partial charge is 0.493 e. The third-order valence-corrected chi connectivity index (χ3v) is 6.03. The van der Waals surface area contributed by atoms with E-state index in [0.29, 0.717) is 17.1 Å². The average molecular weight is 490 g/mol. The molecule has 1 aliphatic rings. The van der Waals surface area contributed by atoms with E-state index in [4.69, 9.17) is 9.47 Å². The van der Waals surface area contributed by atoms with Gasteiger partial charge in [-0.1, -0.05) is 6.07 Å². The Hall–Kier alpha value is -3.70. The fourth-order valence-corrected chi connectivity index (χ4v) is 4.23. The van der Waals surface area contributed by atoms with Crippen LogP contribution in [-0.4, -0.2) is 42.2 Å². The van der Waals surface area contributed by atoms with E-state index in [1.807, 2.05) is 0 Å². The molecule has 4 rings (SSSR count). The molecule has 11 heteroatoms. The number of allylic oxidation sites excluding steroid dienone is 1. The minimum Gasteiger partial charge on any atom is -0.493 e. The number of Topliss-reactive ketones (excluding diaryl/α,β-unsaturated/α-hetero) is 1. The summed E-state index contributed by atoms with van der Waals surface area (Å²) in [5, 5.41) is 14.3. The van der Waals surface area contributed by atoms with Crippen molar-refractivity contribution in [1.29, 1.82) is 0 Å². The second-order valence-electron chi connectivity index (χ2n) is 7.15. The number of hydrogen-bond acceptors (Lipinski definition) is 7. The Labute approximate surface area is 195 Å². The van der Waals surface area contributed by atoms with E-state index < -0.39 is 35.2 Å². The molecule has 1 amide bonds. The summed E-state index contributed by atoms with van der Waals surface area (Å²) in [7, 11) is 2.90. The Morgan fingerprint density at radius 2 is 1.85 bits per heavy atom. The first-order valence-electron chi connectivity index (χ1n) is 9.78. The number of ketones is 1. The number of amides is 1. The van der Waals surface area contributed by atoms with Crippen molar-refractivity contribution in [3.05, 3.63) is 75.2 Å². The number of alkyl halides is 3. The number of carbonyl (C=O) groups excluding carboxylic acids is 2. The van der Waals surface area contributed by atoms with Gasteiger partial charge in [0.15, 0.2) is 11.5 Å². The first-order valence-corrected chi connectivity index (χ1v) is 10.7. The zero-order valence-corrected chi connectivity index (χ0v) is 18.6. The van der Waals surface area contributed by atoms with Gasteiger partial charge >= 0.3 is 6.18 Å². The molecule has 0 aliphatic carbocycles. The summed E-state index contributed by atoms with van der Waals surface area (Å²) in [5.41, 5.74) is -2.54. The van der Waals surface area contributed by atoms with Crippen LogP contribution in [0.25, 0.3) is 11.3 Å². The number of nitrogens with zero attached hydrogens (tertiary/aromatic N) is 1. The number of thiophene rings is 1. The molecule has 0 saturated carbocycles. The second kappa shape index (κ2) is 8.92. The summed E-state index contributed by atoms with van der Waals surface area (Å²) in [6.45, 7) is 0. The van der Waals surface area contributed by atoms with Gasteiger partial charge in [0, 0.05) is 5.56 Å². The van der Waals surface area contributed by atoms with Crippen LogP contribution in [0.1, 0.15) is 31.8 Å². The van der Waals surface area contributed by atoms with Gasteiger partial charge in [-0.25, -0.2) is 4.98 Å². The highest BCUT2D eigenvalue weighted by Crippen LogP contribution is 2.39. The molecule has 0 fully saturated rings. The van der Waals surface area contributed by atoms with Gasteiger partial charge in [-0.05, 0) is 41.8 Å². The molecular formula is C23H17F3N2O5S. The number of aliphatic hydroxyl groups is 1. The van der Waals surface area contributed by atoms with E-state index in [1.54, 1.807) is 23.5 Å². The fourth-order valence-electron chi connectivity index (χ4n) is 3.56. The van der Waals surface area contributed by atoms with E-state index in [2.05, 4.69) is 4.98 Å². The summed E-state index contributed by atoms with van der Waals surface area (Å²) in [6, 6.07) is 10.3. The highest BCUT2D eigenvalue weighted by atomic mass is 32.1. The smallest absolute Gasteiger partial charge is 0.431 e. The predicted molar refractivity (Wildman–Crippen MR) is 117 cm³/mol. The number of ether oxygens (including phenoxy) is 2. The molecule has 7 nitrogen and oxygen atoms in total. The van der Waals surface area contributed by atoms with E-state index in [-0.39, 0.29) is 21.8 Å². The molecule has 1 aromatic carbocycles. The van der Waals surface area contributed by atoms with Crippen LogP contribution in [0.4, 0.5) is 13.2 Å². The molecular weight excluding hydrogens is 473 g/mol. The Morgan fingerprint density at radius 3 is 2.47 bits per heavy atom. The second-order valence-corrected chi connectivity index (χ2v) is 8.10. The number of aromatic nitrogens is 1. The molecule has 1 unspecified atom stereocenters. The van der Waals surface area contributed by atoms with Crippen LogP contribution in [-0.2, 0) is 0 Å². The zero-order valence-electron chi connectivity index (χ0n) is 17.8. The maximum Gasteiger partial charge on any atom is 0.431 e. The molecule has 0 radical (unpaired) electrons. The topological polar surface area (TPSA) is 97.8 Å². The van der Waals surface area contributed by atoms with Crippen LogP contribution in [0.15, 0.2) is 59.1 Å². The van der Waals surface area contributed by atoms with Gasteiger partial charge in [0.25, 0.3) is 5.91 Å². The van der Waals surface area contributed by atoms with Crippen LogP contribution >= 0.6 is 11.3 Å². The Bertz CT molecular complexity index is 1300. The monoisotopic (exact) mass is 490 g/mol. The standard InChI is InChI=1S/C23H17F3N2O5S/c1-32-14-8-5-11(10-15(14)33-2)13-7-6-12-18(27-13)20(30)17(19(29)16-4-3-9-34-16)21(23(24,25)26)28-22(12)31/h3-10,20,30H,1-2H3,(H,28,31). The SMILES string of the molecule is COc1ccc(-c2ccc3c(n2)C(O)C(C(=O)c2cccs2)=C(C(F)(F)F)NC3=O)cc1OC. The lowest BCUT2D eigenvalue weighted by Gasteiger charge is -2.18. The first kappa shape index (κ1) is 23.5. The lowest BCUT2D eigenvalue weighted by molar-refractivity contribution is -0.0973. The number of pyridine rings is 1. The number of rotatable bonds is 5. The molecule has 0 saturated heterocycles. The molecule has 176 valence electrons. The van der Waals surface area contributed by atoms with Crippen LogP contribution < -0.4 is 14.8 Å². The summed E-state index contributed by atoms with van der Waals surface area (Å²) >= 11 is 0.915. The Morgan fingerprint density at radius 1 is 1.12 bits per heavy atom. The summed E-state index contributed by atoms with van der Waals surface area (Å²) < 4.78 is 52.1. The van der Waals surface area contributed by atoms with Crippen molar-refractivity contribution in [2.24, 2.45) is 0 Å². The number of aliphatic hydroxyl groups excluding tert-OH is 1. The number of benzene rings is 1. The molecule has 2 aromatic heterocycles. The third-order valence-electron chi connectivity index (χ3n) is 5.16. The van der Waals surface area contributed by atoms with Gasteiger partial charge in [-0.3, -0.25) is 9.59 Å². The van der Waals surface area contributed by atoms with Gasteiger partial charge in [0.2, 0.25) is 5.78 Å². The Balaban J connectivity index is 1.89. The number of methoxy groups -OCH3 is 2. The Kier molecular flexibility index (Phi) is 6.15. The quantitative estimate of drug-likeness (QED) is 0.518. The van der Waals surface area contributed by atoms with E-state index in [1.165, 1.54) is 43.9 Å². The molecule has 0 spiro atoms. The highest BCUT2D eigenvalue weighted by molar-refractivity contribution is 7.12. The van der Waals surface area contributed by atoms with Crippen molar-refractivity contribution in [3.63, 3.8) is 0 Å². The van der Waals surface area contributed by atoms with Gasteiger partial charge < -0.3 is 19.9 Å². The minimum atomic E-state index is -5.10. The van der Waals surface area contributed by atoms with Gasteiger partial charge in [-0.15, -0.1) is 11.3 Å². The molecule has 2 N–H and O–H groups in total. The summed E-state index contributed by atoms with van der Waals surface area (Å²) in [6.07, 6.45) is -7.21. The highest BCUT2D eigenvalue weighted by Gasteiger charge is 2.45. The van der Waals surface area contributed by atoms with Crippen molar-refractivity contribution in [3.8, 4) is 22.8 Å². The van der Waals surface area contributed by atoms with Crippen LogP contribution in [0, 0.1) is 0 Å². The van der Waals surface area contributed by atoms with Crippen LogP contribution in [0.5, 0.6) is 11.5 Å². The molecule has 1 aliphatic heterocycles. The predicted octanol–water partition coefficient (Wildman–Crippen LogP) is 4.30. The average Bonchev–Trinajstić information content (AvgIpc) is 3.33. The lowest BCUT2D eigenvalue weighted by Crippen LogP contribution is -2.33. The van der Waals surface area contributed by atoms with Crippen LogP contribution in [0.2, 0.25) is 0 Å².